The molecule has 2 nitrogen and oxygen atoms in total. The molecule has 0 N–H and O–H groups in total. The summed E-state index contributed by atoms with van der Waals surface area (Å²) in [5.74, 6) is -7.18. The minimum atomic E-state index is -3.61. The first-order chi connectivity index (χ1) is 9.19. The number of alkyl halides is 4. The molecule has 6 atom stereocenters. The van der Waals surface area contributed by atoms with Gasteiger partial charge in [-0.25, -0.2) is 8.78 Å². The van der Waals surface area contributed by atoms with Crippen molar-refractivity contribution in [1.29, 1.82) is 10.5 Å². The summed E-state index contributed by atoms with van der Waals surface area (Å²) in [6.45, 7) is 0. The molecule has 8 heteroatoms. The summed E-state index contributed by atoms with van der Waals surface area (Å²) in [6.07, 6.45) is 0.149. The molecular weight excluding hydrogens is 352 g/mol. The van der Waals surface area contributed by atoms with E-state index in [9.17, 15) is 19.3 Å². The van der Waals surface area contributed by atoms with E-state index in [4.69, 9.17) is 46.4 Å². The van der Waals surface area contributed by atoms with Crippen molar-refractivity contribution in [2.75, 3.05) is 0 Å². The molecule has 3 rings (SSSR count). The summed E-state index contributed by atoms with van der Waals surface area (Å²) in [5.41, 5.74) is 0. The summed E-state index contributed by atoms with van der Waals surface area (Å²) in [6, 6.07) is 3.90. The molecule has 106 valence electrons. The fraction of sp³-hybridized carbons (Fsp3) is 0.667. The SMILES string of the molecule is N#CC1CC(C#N)C2C1C1(Cl)C(Cl)=C(Cl)C2(Cl)C1(F)F. The highest BCUT2D eigenvalue weighted by molar-refractivity contribution is 6.52. The van der Waals surface area contributed by atoms with Crippen LogP contribution in [0.15, 0.2) is 10.1 Å². The number of fused-ring (bicyclic) bond motifs is 5. The first-order valence-corrected chi connectivity index (χ1v) is 7.31. The Labute approximate surface area is 133 Å². The molecule has 0 aromatic rings. The molecule has 2 saturated carbocycles. The van der Waals surface area contributed by atoms with Crippen molar-refractivity contribution in [3.05, 3.63) is 10.1 Å². The van der Waals surface area contributed by atoms with Gasteiger partial charge in [0.2, 0.25) is 0 Å². The van der Waals surface area contributed by atoms with E-state index in [0.29, 0.717) is 0 Å². The highest BCUT2D eigenvalue weighted by Crippen LogP contribution is 2.78. The summed E-state index contributed by atoms with van der Waals surface area (Å²) < 4.78 is 29.4. The van der Waals surface area contributed by atoms with Crippen molar-refractivity contribution >= 4 is 46.4 Å². The third-order valence-corrected chi connectivity index (χ3v) is 7.38. The predicted molar refractivity (Wildman–Crippen MR) is 70.7 cm³/mol. The van der Waals surface area contributed by atoms with E-state index in [1.165, 1.54) is 0 Å². The molecule has 0 radical (unpaired) electrons. The number of rotatable bonds is 0. The van der Waals surface area contributed by atoms with Crippen LogP contribution in [0.1, 0.15) is 6.42 Å². The van der Waals surface area contributed by atoms with Crippen molar-refractivity contribution in [1.82, 2.24) is 0 Å². The number of halogens is 6. The maximum atomic E-state index is 14.7. The predicted octanol–water partition coefficient (Wildman–Crippen LogP) is 4.21. The van der Waals surface area contributed by atoms with Crippen molar-refractivity contribution in [3.8, 4) is 12.1 Å². The minimum absolute atomic E-state index is 0.149. The molecule has 0 spiro atoms. The van der Waals surface area contributed by atoms with Gasteiger partial charge in [0.15, 0.2) is 9.75 Å². The second-order valence-corrected chi connectivity index (χ2v) is 7.33. The standard InChI is InChI=1S/C12H6Cl4F2N2/c13-8-9(14)11(16)7-5(3-20)1-4(2-19)6(7)10(8,15)12(11,17)18/h4-7H,1H2. The van der Waals surface area contributed by atoms with E-state index in [-0.39, 0.29) is 6.42 Å². The Hall–Kier alpha value is -0.260. The van der Waals surface area contributed by atoms with E-state index < -0.39 is 49.4 Å². The summed E-state index contributed by atoms with van der Waals surface area (Å²) in [7, 11) is 0. The molecule has 0 aliphatic heterocycles. The Balaban J connectivity index is 2.31. The summed E-state index contributed by atoms with van der Waals surface area (Å²) in [4.78, 5) is -4.60. The van der Waals surface area contributed by atoms with E-state index >= 15 is 0 Å². The van der Waals surface area contributed by atoms with Crippen molar-refractivity contribution < 1.29 is 8.78 Å². The molecule has 2 bridgehead atoms. The topological polar surface area (TPSA) is 47.6 Å². The highest BCUT2D eigenvalue weighted by atomic mass is 35.5. The highest BCUT2D eigenvalue weighted by Gasteiger charge is 2.88. The summed E-state index contributed by atoms with van der Waals surface area (Å²) >= 11 is 24.1. The molecular formula is C12H6Cl4F2N2. The first kappa shape index (κ1) is 14.7. The zero-order valence-electron chi connectivity index (χ0n) is 9.68. The lowest BCUT2D eigenvalue weighted by molar-refractivity contribution is -0.0303. The van der Waals surface area contributed by atoms with Crippen molar-refractivity contribution in [3.63, 3.8) is 0 Å². The maximum absolute atomic E-state index is 14.7. The van der Waals surface area contributed by atoms with Crippen molar-refractivity contribution in [2.24, 2.45) is 23.7 Å². The van der Waals surface area contributed by atoms with Crippen LogP contribution in [0.25, 0.3) is 0 Å². The van der Waals surface area contributed by atoms with Crippen LogP contribution in [-0.4, -0.2) is 15.7 Å². The maximum Gasteiger partial charge on any atom is 0.296 e. The lowest BCUT2D eigenvalue weighted by Crippen LogP contribution is -2.48. The third kappa shape index (κ3) is 1.15. The molecule has 2 fully saturated rings. The van der Waals surface area contributed by atoms with E-state index in [1.54, 1.807) is 0 Å². The van der Waals surface area contributed by atoms with E-state index in [2.05, 4.69) is 0 Å². The van der Waals surface area contributed by atoms with Gasteiger partial charge >= 0.3 is 0 Å². The minimum Gasteiger partial charge on any atom is -0.202 e. The van der Waals surface area contributed by atoms with Crippen LogP contribution in [0.3, 0.4) is 0 Å². The Morgan fingerprint density at radius 3 is 1.60 bits per heavy atom. The Morgan fingerprint density at radius 2 is 1.30 bits per heavy atom. The quantitative estimate of drug-likeness (QED) is 0.609. The fourth-order valence-electron chi connectivity index (χ4n) is 3.95. The second kappa shape index (κ2) is 3.93. The van der Waals surface area contributed by atoms with E-state index in [0.717, 1.165) is 0 Å². The van der Waals surface area contributed by atoms with E-state index in [1.807, 2.05) is 12.1 Å². The number of hydrogen-bond acceptors (Lipinski definition) is 2. The smallest absolute Gasteiger partial charge is 0.202 e. The molecule has 3 aliphatic carbocycles. The average Bonchev–Trinajstić information content (AvgIpc) is 2.89. The monoisotopic (exact) mass is 356 g/mol. The van der Waals surface area contributed by atoms with Crippen LogP contribution in [-0.2, 0) is 0 Å². The van der Waals surface area contributed by atoms with Gasteiger partial charge in [-0.15, -0.1) is 23.2 Å². The Morgan fingerprint density at radius 1 is 0.950 bits per heavy atom. The molecule has 0 aromatic heterocycles. The lowest BCUT2D eigenvalue weighted by atomic mass is 9.78. The van der Waals surface area contributed by atoms with Crippen molar-refractivity contribution in [2.45, 2.75) is 22.1 Å². The normalized spacial score (nSPS) is 51.8. The van der Waals surface area contributed by atoms with Crippen LogP contribution in [0.2, 0.25) is 0 Å². The van der Waals surface area contributed by atoms with Gasteiger partial charge in [-0.1, -0.05) is 23.2 Å². The van der Waals surface area contributed by atoms with Crippen LogP contribution < -0.4 is 0 Å². The number of allylic oxidation sites excluding steroid dienone is 2. The molecule has 20 heavy (non-hydrogen) atoms. The van der Waals surface area contributed by atoms with Crippen LogP contribution in [0, 0.1) is 46.3 Å². The van der Waals surface area contributed by atoms with Crippen LogP contribution in [0.4, 0.5) is 8.78 Å². The molecule has 3 aliphatic rings. The van der Waals surface area contributed by atoms with Crippen LogP contribution in [0.5, 0.6) is 0 Å². The number of hydrogen-bond donors (Lipinski definition) is 0. The third-order valence-electron chi connectivity index (χ3n) is 4.76. The Bertz CT molecular complexity index is 572. The zero-order chi connectivity index (χ0) is 15.1. The second-order valence-electron chi connectivity index (χ2n) is 5.38. The molecule has 0 heterocycles. The van der Waals surface area contributed by atoms with Crippen LogP contribution >= 0.6 is 46.4 Å². The largest absolute Gasteiger partial charge is 0.296 e. The van der Waals surface area contributed by atoms with Gasteiger partial charge in [0.1, 0.15) is 0 Å². The van der Waals surface area contributed by atoms with Gasteiger partial charge in [-0.2, -0.15) is 10.5 Å². The molecule has 6 unspecified atom stereocenters. The average molecular weight is 358 g/mol. The van der Waals surface area contributed by atoms with Gasteiger partial charge in [0.25, 0.3) is 5.92 Å². The lowest BCUT2D eigenvalue weighted by Gasteiger charge is -2.33. The van der Waals surface area contributed by atoms with Gasteiger partial charge in [-0.3, -0.25) is 0 Å². The van der Waals surface area contributed by atoms with Gasteiger partial charge < -0.3 is 0 Å². The fourth-order valence-corrected chi connectivity index (χ4v) is 5.95. The number of nitrogens with zero attached hydrogens (tertiary/aromatic N) is 2. The van der Waals surface area contributed by atoms with Gasteiger partial charge in [-0.05, 0) is 6.42 Å². The Kier molecular flexibility index (Phi) is 2.88. The molecule has 0 amide bonds. The molecule has 0 saturated heterocycles. The number of nitriles is 2. The molecule has 0 aromatic carbocycles. The van der Waals surface area contributed by atoms with Gasteiger partial charge in [0.05, 0.1) is 34.0 Å². The zero-order valence-corrected chi connectivity index (χ0v) is 12.7. The first-order valence-electron chi connectivity index (χ1n) is 5.80. The van der Waals surface area contributed by atoms with Gasteiger partial charge in [0, 0.05) is 11.8 Å². The summed E-state index contributed by atoms with van der Waals surface area (Å²) in [5, 5.41) is 17.6.